The van der Waals surface area contributed by atoms with Crippen LogP contribution in [0.25, 0.3) is 0 Å². The number of unbranched alkanes of at least 4 members (excludes halogenated alkanes) is 2. The van der Waals surface area contributed by atoms with Gasteiger partial charge in [0.15, 0.2) is 6.10 Å². The number of hydrogen-bond acceptors (Lipinski definition) is 6. The number of benzene rings is 2. The number of carboxylic acids is 1. The van der Waals surface area contributed by atoms with E-state index in [1.807, 2.05) is 49.0 Å². The van der Waals surface area contributed by atoms with Crippen molar-refractivity contribution in [3.05, 3.63) is 59.7 Å². The maximum absolute atomic E-state index is 12.9. The molecule has 2 rings (SSSR count). The average molecular weight is 518 g/mol. The van der Waals surface area contributed by atoms with E-state index < -0.39 is 12.1 Å². The third kappa shape index (κ3) is 10.9. The fourth-order valence-electron chi connectivity index (χ4n) is 3.48. The summed E-state index contributed by atoms with van der Waals surface area (Å²) < 4.78 is 16.8. The Hall–Kier alpha value is -2.71. The smallest absolute Gasteiger partial charge is 0.415 e. The predicted octanol–water partition coefficient (Wildman–Crippen LogP) is 5.83. The van der Waals surface area contributed by atoms with Crippen molar-refractivity contribution >= 4 is 23.8 Å². The van der Waals surface area contributed by atoms with Gasteiger partial charge >= 0.3 is 12.1 Å². The lowest BCUT2D eigenvalue weighted by Gasteiger charge is -2.22. The molecule has 0 saturated carbocycles. The zero-order valence-electron chi connectivity index (χ0n) is 21.6. The van der Waals surface area contributed by atoms with E-state index in [0.717, 1.165) is 22.6 Å². The zero-order valence-corrected chi connectivity index (χ0v) is 22.4. The Morgan fingerprint density at radius 2 is 1.75 bits per heavy atom. The van der Waals surface area contributed by atoms with Crippen LogP contribution in [0.3, 0.4) is 0 Å². The highest BCUT2D eigenvalue weighted by Gasteiger charge is 2.19. The van der Waals surface area contributed by atoms with Gasteiger partial charge in [0.25, 0.3) is 0 Å². The minimum atomic E-state index is -0.974. The van der Waals surface area contributed by atoms with Crippen molar-refractivity contribution in [1.82, 2.24) is 4.90 Å². The number of carbonyl (C=O) groups excluding carboxylic acids is 1. The van der Waals surface area contributed by atoms with Gasteiger partial charge in [-0.1, -0.05) is 50.1 Å². The van der Waals surface area contributed by atoms with Gasteiger partial charge in [-0.25, -0.2) is 9.59 Å². The topological polar surface area (TPSA) is 85.3 Å². The molecule has 1 amide bonds. The number of hydrogen-bond donors (Lipinski definition) is 1. The van der Waals surface area contributed by atoms with E-state index in [1.54, 1.807) is 30.0 Å². The summed E-state index contributed by atoms with van der Waals surface area (Å²) in [6, 6.07) is 14.8. The Balaban J connectivity index is 1.90. The summed E-state index contributed by atoms with van der Waals surface area (Å²) in [6.45, 7) is 7.52. The molecule has 0 bridgehead atoms. The van der Waals surface area contributed by atoms with Crippen molar-refractivity contribution < 1.29 is 28.9 Å². The Kier molecular flexibility index (Phi) is 13.8. The van der Waals surface area contributed by atoms with Crippen LogP contribution in [0.15, 0.2) is 48.5 Å². The lowest BCUT2D eigenvalue weighted by molar-refractivity contribution is -0.149. The molecule has 198 valence electrons. The monoisotopic (exact) mass is 517 g/mol. The molecule has 36 heavy (non-hydrogen) atoms. The van der Waals surface area contributed by atoms with Crippen LogP contribution in [0.5, 0.6) is 11.5 Å². The summed E-state index contributed by atoms with van der Waals surface area (Å²) in [5.41, 5.74) is 1.76. The number of rotatable bonds is 17. The molecule has 2 aromatic carbocycles. The van der Waals surface area contributed by atoms with Gasteiger partial charge in [0.2, 0.25) is 0 Å². The molecule has 0 saturated heterocycles. The van der Waals surface area contributed by atoms with E-state index in [9.17, 15) is 14.7 Å². The molecule has 0 aliphatic heterocycles. The number of para-hydroxylation sites is 1. The van der Waals surface area contributed by atoms with Crippen molar-refractivity contribution in [2.45, 2.75) is 52.6 Å². The van der Waals surface area contributed by atoms with Crippen molar-refractivity contribution in [2.75, 3.05) is 37.8 Å². The van der Waals surface area contributed by atoms with Gasteiger partial charge in [-0.15, -0.1) is 0 Å². The van der Waals surface area contributed by atoms with Crippen molar-refractivity contribution in [1.29, 1.82) is 0 Å². The van der Waals surface area contributed by atoms with Crippen LogP contribution in [0.2, 0.25) is 0 Å². The molecule has 0 fully saturated rings. The first-order chi connectivity index (χ1) is 17.4. The number of amides is 1. The maximum Gasteiger partial charge on any atom is 0.415 e. The molecule has 0 aromatic heterocycles. The van der Waals surface area contributed by atoms with Crippen LogP contribution in [0.1, 0.15) is 44.2 Å². The van der Waals surface area contributed by atoms with E-state index >= 15 is 0 Å². The highest BCUT2D eigenvalue weighted by atomic mass is 32.2. The Morgan fingerprint density at radius 1 is 1.00 bits per heavy atom. The second-order valence-corrected chi connectivity index (χ2v) is 9.64. The second kappa shape index (κ2) is 16.9. The van der Waals surface area contributed by atoms with Gasteiger partial charge < -0.3 is 24.2 Å². The molecule has 0 aliphatic carbocycles. The molecule has 0 heterocycles. The first-order valence-corrected chi connectivity index (χ1v) is 13.8. The van der Waals surface area contributed by atoms with Crippen LogP contribution in [-0.2, 0) is 16.0 Å². The largest absolute Gasteiger partial charge is 0.492 e. The number of carboxylic acid groups (broad SMARTS) is 1. The van der Waals surface area contributed by atoms with E-state index in [0.29, 0.717) is 37.8 Å². The molecule has 0 radical (unpaired) electrons. The van der Waals surface area contributed by atoms with Crippen LogP contribution >= 0.6 is 11.8 Å². The number of nitrogens with zero attached hydrogens (tertiary/aromatic N) is 1. The third-order valence-electron chi connectivity index (χ3n) is 5.56. The average Bonchev–Trinajstić information content (AvgIpc) is 2.87. The van der Waals surface area contributed by atoms with E-state index in [2.05, 4.69) is 6.92 Å². The van der Waals surface area contributed by atoms with Gasteiger partial charge in [0.05, 0.1) is 6.54 Å². The van der Waals surface area contributed by atoms with Crippen LogP contribution in [0, 0.1) is 6.92 Å². The highest BCUT2D eigenvalue weighted by molar-refractivity contribution is 7.99. The molecular weight excluding hydrogens is 478 g/mol. The quantitative estimate of drug-likeness (QED) is 0.264. The Bertz CT molecular complexity index is 921. The molecule has 2 aromatic rings. The van der Waals surface area contributed by atoms with Crippen molar-refractivity contribution in [3.63, 3.8) is 0 Å². The number of aliphatic carboxylic acids is 1. The van der Waals surface area contributed by atoms with E-state index in [-0.39, 0.29) is 12.5 Å². The maximum atomic E-state index is 12.9. The standard InChI is InChI=1S/C28H39NO6S/c1-4-6-9-19-36-20-17-29(28(32)35-25-11-8-7-10-22(25)3)16-18-34-24-14-12-23(13-15-24)21-26(27(30)31)33-5-2/h7-8,10-15,26H,4-6,9,16-21H2,1-3H3,(H,30,31). The lowest BCUT2D eigenvalue weighted by Crippen LogP contribution is -2.38. The van der Waals surface area contributed by atoms with Crippen molar-refractivity contribution in [2.24, 2.45) is 0 Å². The fourth-order valence-corrected chi connectivity index (χ4v) is 4.44. The van der Waals surface area contributed by atoms with E-state index in [1.165, 1.54) is 19.3 Å². The summed E-state index contributed by atoms with van der Waals surface area (Å²) in [5, 5.41) is 9.26. The lowest BCUT2D eigenvalue weighted by atomic mass is 10.1. The normalized spacial score (nSPS) is 11.6. The zero-order chi connectivity index (χ0) is 26.2. The highest BCUT2D eigenvalue weighted by Crippen LogP contribution is 2.18. The molecule has 0 spiro atoms. The predicted molar refractivity (Wildman–Crippen MR) is 144 cm³/mol. The number of thioether (sulfide) groups is 1. The molecule has 1 unspecified atom stereocenters. The Morgan fingerprint density at radius 3 is 2.42 bits per heavy atom. The summed E-state index contributed by atoms with van der Waals surface area (Å²) in [7, 11) is 0. The first-order valence-electron chi connectivity index (χ1n) is 12.6. The molecule has 1 N–H and O–H groups in total. The summed E-state index contributed by atoms with van der Waals surface area (Å²) >= 11 is 1.85. The summed E-state index contributed by atoms with van der Waals surface area (Å²) in [5.74, 6) is 2.17. The van der Waals surface area contributed by atoms with Gasteiger partial charge in [-0.05, 0) is 55.3 Å². The Labute approximate surface area is 219 Å². The molecule has 7 nitrogen and oxygen atoms in total. The van der Waals surface area contributed by atoms with Crippen LogP contribution in [0.4, 0.5) is 4.79 Å². The minimum Gasteiger partial charge on any atom is -0.492 e. The van der Waals surface area contributed by atoms with Gasteiger partial charge in [0, 0.05) is 25.3 Å². The number of aryl methyl sites for hydroxylation is 1. The van der Waals surface area contributed by atoms with Gasteiger partial charge in [-0.3, -0.25) is 0 Å². The summed E-state index contributed by atoms with van der Waals surface area (Å²) in [6.07, 6.45) is 2.65. The molecule has 1 atom stereocenters. The second-order valence-electron chi connectivity index (χ2n) is 8.42. The van der Waals surface area contributed by atoms with Crippen molar-refractivity contribution in [3.8, 4) is 11.5 Å². The molecule has 0 aliphatic rings. The minimum absolute atomic E-state index is 0.290. The summed E-state index contributed by atoms with van der Waals surface area (Å²) in [4.78, 5) is 25.9. The third-order valence-corrected chi connectivity index (χ3v) is 6.61. The van der Waals surface area contributed by atoms with Gasteiger partial charge in [0.1, 0.15) is 18.1 Å². The fraction of sp³-hybridized carbons (Fsp3) is 0.500. The van der Waals surface area contributed by atoms with Crippen LogP contribution < -0.4 is 9.47 Å². The first kappa shape index (κ1) is 29.5. The number of ether oxygens (including phenoxy) is 3. The molecule has 8 heteroatoms. The number of carbonyl (C=O) groups is 2. The SMILES string of the molecule is CCCCCSCCN(CCOc1ccc(CC(OCC)C(=O)O)cc1)C(=O)Oc1ccccc1C. The van der Waals surface area contributed by atoms with Crippen LogP contribution in [-0.4, -0.2) is 66.0 Å². The molecular formula is C28H39NO6S. The van der Waals surface area contributed by atoms with Gasteiger partial charge in [-0.2, -0.15) is 11.8 Å². The van der Waals surface area contributed by atoms with E-state index in [4.69, 9.17) is 14.2 Å².